The maximum Gasteiger partial charge on any atom is 0.135 e. The van der Waals surface area contributed by atoms with Gasteiger partial charge in [0.15, 0.2) is 0 Å². The van der Waals surface area contributed by atoms with Crippen LogP contribution in [0.4, 0.5) is 11.6 Å². The molecule has 1 aromatic rings. The third-order valence-electron chi connectivity index (χ3n) is 3.94. The molecule has 2 aliphatic carbocycles. The number of nitrogens with two attached hydrogens (primary N) is 1. The molecule has 0 amide bonds. The van der Waals surface area contributed by atoms with Crippen molar-refractivity contribution in [2.75, 3.05) is 23.7 Å². The van der Waals surface area contributed by atoms with Gasteiger partial charge in [-0.3, -0.25) is 0 Å². The Kier molecular flexibility index (Phi) is 3.33. The van der Waals surface area contributed by atoms with Gasteiger partial charge in [0.25, 0.3) is 0 Å². The molecule has 1 aromatic heterocycles. The van der Waals surface area contributed by atoms with Crippen molar-refractivity contribution in [2.24, 2.45) is 11.8 Å². The minimum Gasteiger partial charge on any atom is -0.384 e. The molecule has 0 bridgehead atoms. The average Bonchev–Trinajstić information content (AvgIpc) is 3.22. The van der Waals surface area contributed by atoms with Crippen LogP contribution >= 0.6 is 0 Å². The van der Waals surface area contributed by atoms with E-state index >= 15 is 0 Å². The topological polar surface area (TPSA) is 55.0 Å². The van der Waals surface area contributed by atoms with E-state index in [-0.39, 0.29) is 0 Å². The molecule has 0 radical (unpaired) electrons. The highest BCUT2D eigenvalue weighted by molar-refractivity contribution is 5.47. The first kappa shape index (κ1) is 12.7. The molecular weight excluding hydrogens is 236 g/mol. The molecule has 3 rings (SSSR count). The zero-order valence-corrected chi connectivity index (χ0v) is 12.0. The van der Waals surface area contributed by atoms with Crippen LogP contribution in [0.2, 0.25) is 0 Å². The Morgan fingerprint density at radius 2 is 1.74 bits per heavy atom. The fourth-order valence-electron chi connectivity index (χ4n) is 2.38. The summed E-state index contributed by atoms with van der Waals surface area (Å²) in [7, 11) is 0. The molecule has 2 aliphatic rings. The average molecular weight is 260 g/mol. The number of anilines is 2. The standard InChI is InChI=1S/C15H24N4/c1-10(2)15-17-13(16)7-14(18-15)19(8-11-3-4-11)9-12-5-6-12/h7,10-12H,3-6,8-9H2,1-2H3,(H2,16,17,18). The van der Waals surface area contributed by atoms with Gasteiger partial charge < -0.3 is 10.6 Å². The summed E-state index contributed by atoms with van der Waals surface area (Å²) in [5.74, 6) is 4.58. The van der Waals surface area contributed by atoms with Gasteiger partial charge in [-0.05, 0) is 37.5 Å². The largest absolute Gasteiger partial charge is 0.384 e. The Hall–Kier alpha value is -1.32. The minimum absolute atomic E-state index is 0.325. The molecule has 0 saturated heterocycles. The lowest BCUT2D eigenvalue weighted by molar-refractivity contribution is 0.663. The van der Waals surface area contributed by atoms with E-state index in [4.69, 9.17) is 10.7 Å². The molecule has 0 spiro atoms. The second-order valence-electron chi connectivity index (χ2n) is 6.46. The molecule has 0 aliphatic heterocycles. The number of rotatable bonds is 6. The van der Waals surface area contributed by atoms with Gasteiger partial charge in [0.2, 0.25) is 0 Å². The highest BCUT2D eigenvalue weighted by atomic mass is 15.2. The van der Waals surface area contributed by atoms with Crippen molar-refractivity contribution in [3.05, 3.63) is 11.9 Å². The first-order valence-corrected chi connectivity index (χ1v) is 7.51. The van der Waals surface area contributed by atoms with Gasteiger partial charge in [0.1, 0.15) is 17.5 Å². The predicted molar refractivity (Wildman–Crippen MR) is 78.2 cm³/mol. The second-order valence-corrected chi connectivity index (χ2v) is 6.46. The molecule has 4 nitrogen and oxygen atoms in total. The van der Waals surface area contributed by atoms with Gasteiger partial charge in [0, 0.05) is 25.1 Å². The quantitative estimate of drug-likeness (QED) is 0.854. The van der Waals surface area contributed by atoms with E-state index in [2.05, 4.69) is 23.7 Å². The van der Waals surface area contributed by atoms with Crippen LogP contribution in [0.3, 0.4) is 0 Å². The van der Waals surface area contributed by atoms with E-state index < -0.39 is 0 Å². The number of hydrogen-bond acceptors (Lipinski definition) is 4. The molecule has 0 aromatic carbocycles. The molecule has 0 unspecified atom stereocenters. The predicted octanol–water partition coefficient (Wildman–Crippen LogP) is 2.81. The Morgan fingerprint density at radius 1 is 1.16 bits per heavy atom. The van der Waals surface area contributed by atoms with E-state index in [0.717, 1.165) is 36.6 Å². The highest BCUT2D eigenvalue weighted by Gasteiger charge is 2.30. The summed E-state index contributed by atoms with van der Waals surface area (Å²) in [5.41, 5.74) is 5.95. The lowest BCUT2D eigenvalue weighted by Gasteiger charge is -2.24. The molecule has 2 N–H and O–H groups in total. The maximum absolute atomic E-state index is 5.95. The maximum atomic E-state index is 5.95. The molecule has 104 valence electrons. The van der Waals surface area contributed by atoms with Crippen LogP contribution in [0.25, 0.3) is 0 Å². The number of hydrogen-bond donors (Lipinski definition) is 1. The smallest absolute Gasteiger partial charge is 0.135 e. The summed E-state index contributed by atoms with van der Waals surface area (Å²) in [6.07, 6.45) is 5.50. The lowest BCUT2D eigenvalue weighted by Crippen LogP contribution is -2.29. The van der Waals surface area contributed by atoms with Crippen molar-refractivity contribution < 1.29 is 0 Å². The van der Waals surface area contributed by atoms with Gasteiger partial charge in [-0.2, -0.15) is 0 Å². The molecule has 0 atom stereocenters. The molecule has 2 fully saturated rings. The van der Waals surface area contributed by atoms with Crippen molar-refractivity contribution in [1.29, 1.82) is 0 Å². The first-order chi connectivity index (χ1) is 9.11. The Morgan fingerprint density at radius 3 is 2.21 bits per heavy atom. The Labute approximate surface area is 115 Å². The monoisotopic (exact) mass is 260 g/mol. The van der Waals surface area contributed by atoms with Gasteiger partial charge in [-0.15, -0.1) is 0 Å². The summed E-state index contributed by atoms with van der Waals surface area (Å²) in [5, 5.41) is 0. The van der Waals surface area contributed by atoms with Crippen molar-refractivity contribution in [2.45, 2.75) is 45.4 Å². The summed E-state index contributed by atoms with van der Waals surface area (Å²) in [6, 6.07) is 1.94. The van der Waals surface area contributed by atoms with Crippen LogP contribution < -0.4 is 10.6 Å². The minimum atomic E-state index is 0.325. The summed E-state index contributed by atoms with van der Waals surface area (Å²) >= 11 is 0. The van der Waals surface area contributed by atoms with Gasteiger partial charge in [-0.1, -0.05) is 13.8 Å². The lowest BCUT2D eigenvalue weighted by atomic mass is 10.2. The third-order valence-corrected chi connectivity index (χ3v) is 3.94. The van der Waals surface area contributed by atoms with E-state index in [1.807, 2.05) is 6.07 Å². The fourth-order valence-corrected chi connectivity index (χ4v) is 2.38. The van der Waals surface area contributed by atoms with E-state index in [0.29, 0.717) is 11.7 Å². The zero-order chi connectivity index (χ0) is 13.4. The number of aromatic nitrogens is 2. The first-order valence-electron chi connectivity index (χ1n) is 7.51. The number of nitrogens with zero attached hydrogens (tertiary/aromatic N) is 3. The Balaban J connectivity index is 1.82. The fraction of sp³-hybridized carbons (Fsp3) is 0.733. The van der Waals surface area contributed by atoms with E-state index in [1.165, 1.54) is 25.7 Å². The van der Waals surface area contributed by atoms with Crippen molar-refractivity contribution in [3.8, 4) is 0 Å². The van der Waals surface area contributed by atoms with Crippen molar-refractivity contribution in [3.63, 3.8) is 0 Å². The molecule has 19 heavy (non-hydrogen) atoms. The van der Waals surface area contributed by atoms with Crippen molar-refractivity contribution in [1.82, 2.24) is 9.97 Å². The third kappa shape index (κ3) is 3.37. The van der Waals surface area contributed by atoms with Crippen LogP contribution in [0.15, 0.2) is 6.07 Å². The van der Waals surface area contributed by atoms with Gasteiger partial charge >= 0.3 is 0 Å². The summed E-state index contributed by atoms with van der Waals surface area (Å²) in [6.45, 7) is 6.52. The second kappa shape index (κ2) is 4.99. The highest BCUT2D eigenvalue weighted by Crippen LogP contribution is 2.35. The van der Waals surface area contributed by atoms with Crippen molar-refractivity contribution >= 4 is 11.6 Å². The van der Waals surface area contributed by atoms with Crippen LogP contribution in [0.5, 0.6) is 0 Å². The van der Waals surface area contributed by atoms with Gasteiger partial charge in [-0.25, -0.2) is 9.97 Å². The summed E-state index contributed by atoms with van der Waals surface area (Å²) in [4.78, 5) is 11.5. The molecule has 1 heterocycles. The SMILES string of the molecule is CC(C)c1nc(N)cc(N(CC2CC2)CC2CC2)n1. The van der Waals surface area contributed by atoms with Crippen LogP contribution in [-0.2, 0) is 0 Å². The van der Waals surface area contributed by atoms with E-state index in [9.17, 15) is 0 Å². The summed E-state index contributed by atoms with van der Waals surface area (Å²) < 4.78 is 0. The van der Waals surface area contributed by atoms with Crippen LogP contribution in [0, 0.1) is 11.8 Å². The zero-order valence-electron chi connectivity index (χ0n) is 12.0. The normalized spacial score (nSPS) is 18.9. The number of nitrogen functional groups attached to an aromatic ring is 1. The van der Waals surface area contributed by atoms with Crippen LogP contribution in [-0.4, -0.2) is 23.1 Å². The Bertz CT molecular complexity index is 435. The molecule has 2 saturated carbocycles. The molecular formula is C15H24N4. The van der Waals surface area contributed by atoms with Crippen LogP contribution in [0.1, 0.15) is 51.3 Å². The van der Waals surface area contributed by atoms with Gasteiger partial charge in [0.05, 0.1) is 0 Å². The molecule has 4 heteroatoms. The van der Waals surface area contributed by atoms with E-state index in [1.54, 1.807) is 0 Å².